The van der Waals surface area contributed by atoms with Crippen LogP contribution in [0.3, 0.4) is 0 Å². The Morgan fingerprint density at radius 3 is 2.62 bits per heavy atom. The summed E-state index contributed by atoms with van der Waals surface area (Å²) in [7, 11) is 1.70. The number of ether oxygens (including phenoxy) is 2. The van der Waals surface area contributed by atoms with E-state index in [0.717, 1.165) is 29.2 Å². The molecule has 2 heterocycles. The molecule has 108 valence electrons. The first-order valence-corrected chi connectivity index (χ1v) is 7.04. The van der Waals surface area contributed by atoms with E-state index in [1.165, 1.54) is 0 Å². The average molecular weight is 282 g/mol. The molecular weight excluding hydrogens is 264 g/mol. The maximum absolute atomic E-state index is 5.97. The molecule has 0 amide bonds. The van der Waals surface area contributed by atoms with Gasteiger partial charge in [-0.15, -0.1) is 0 Å². The summed E-state index contributed by atoms with van der Waals surface area (Å²) in [5.41, 5.74) is 2.82. The molecule has 4 nitrogen and oxygen atoms in total. The van der Waals surface area contributed by atoms with Crippen LogP contribution >= 0.6 is 0 Å². The van der Waals surface area contributed by atoms with Crippen molar-refractivity contribution in [1.29, 1.82) is 0 Å². The van der Waals surface area contributed by atoms with E-state index in [9.17, 15) is 0 Å². The molecule has 0 unspecified atom stereocenters. The van der Waals surface area contributed by atoms with E-state index < -0.39 is 0 Å². The van der Waals surface area contributed by atoms with Crippen molar-refractivity contribution in [3.8, 4) is 17.1 Å². The highest BCUT2D eigenvalue weighted by Crippen LogP contribution is 2.30. The van der Waals surface area contributed by atoms with Gasteiger partial charge >= 0.3 is 0 Å². The van der Waals surface area contributed by atoms with Crippen molar-refractivity contribution in [2.45, 2.75) is 6.42 Å². The maximum Gasteiger partial charge on any atom is 0.226 e. The molecule has 0 aliphatic heterocycles. The fraction of sp³-hybridized carbons (Fsp3) is 0.235. The maximum atomic E-state index is 5.97. The van der Waals surface area contributed by atoms with E-state index in [2.05, 4.69) is 4.98 Å². The summed E-state index contributed by atoms with van der Waals surface area (Å²) < 4.78 is 13.0. The standard InChI is InChI=1S/C17H18N2O2/c1-20-12-7-13-21-17-16(14-8-3-2-4-9-14)18-15-10-5-6-11-19(15)17/h2-6,8-11H,7,12-13H2,1H3. The Kier molecular flexibility index (Phi) is 4.17. The van der Waals surface area contributed by atoms with Crippen molar-refractivity contribution in [3.05, 3.63) is 54.7 Å². The number of fused-ring (bicyclic) bond motifs is 1. The van der Waals surface area contributed by atoms with Gasteiger partial charge in [-0.1, -0.05) is 36.4 Å². The van der Waals surface area contributed by atoms with Crippen molar-refractivity contribution in [3.63, 3.8) is 0 Å². The third-order valence-corrected chi connectivity index (χ3v) is 3.26. The number of hydrogen-bond acceptors (Lipinski definition) is 3. The van der Waals surface area contributed by atoms with Gasteiger partial charge < -0.3 is 9.47 Å². The molecule has 4 heteroatoms. The highest BCUT2D eigenvalue weighted by Gasteiger charge is 2.14. The van der Waals surface area contributed by atoms with Gasteiger partial charge in [0.05, 0.1) is 6.61 Å². The normalized spacial score (nSPS) is 10.9. The molecule has 0 fully saturated rings. The van der Waals surface area contributed by atoms with Crippen LogP contribution in [0.4, 0.5) is 0 Å². The van der Waals surface area contributed by atoms with Crippen LogP contribution in [0.15, 0.2) is 54.7 Å². The lowest BCUT2D eigenvalue weighted by Crippen LogP contribution is -2.03. The summed E-state index contributed by atoms with van der Waals surface area (Å²) in [5.74, 6) is 0.785. The molecule has 0 spiro atoms. The second-order valence-electron chi connectivity index (χ2n) is 4.76. The van der Waals surface area contributed by atoms with Crippen LogP contribution in [0.25, 0.3) is 16.9 Å². The first-order chi connectivity index (χ1) is 10.4. The molecule has 1 aromatic carbocycles. The first-order valence-electron chi connectivity index (χ1n) is 7.04. The fourth-order valence-electron chi connectivity index (χ4n) is 2.27. The summed E-state index contributed by atoms with van der Waals surface area (Å²) in [4.78, 5) is 4.69. The quantitative estimate of drug-likeness (QED) is 0.650. The van der Waals surface area contributed by atoms with Gasteiger partial charge in [-0.05, 0) is 12.1 Å². The van der Waals surface area contributed by atoms with Crippen molar-refractivity contribution < 1.29 is 9.47 Å². The molecular formula is C17H18N2O2. The lowest BCUT2D eigenvalue weighted by atomic mass is 10.2. The molecule has 0 aliphatic carbocycles. The number of nitrogens with zero attached hydrogens (tertiary/aromatic N) is 2. The van der Waals surface area contributed by atoms with Crippen molar-refractivity contribution in [2.75, 3.05) is 20.3 Å². The second-order valence-corrected chi connectivity index (χ2v) is 4.76. The van der Waals surface area contributed by atoms with Gasteiger partial charge in [-0.3, -0.25) is 4.40 Å². The predicted molar refractivity (Wildman–Crippen MR) is 82.6 cm³/mol. The molecule has 2 aromatic heterocycles. The van der Waals surface area contributed by atoms with Crippen LogP contribution in [0, 0.1) is 0 Å². The van der Waals surface area contributed by atoms with Gasteiger partial charge in [0.1, 0.15) is 11.3 Å². The van der Waals surface area contributed by atoms with Crippen LogP contribution in [0.5, 0.6) is 5.88 Å². The van der Waals surface area contributed by atoms with Crippen LogP contribution in [-0.4, -0.2) is 29.7 Å². The molecule has 21 heavy (non-hydrogen) atoms. The number of methoxy groups -OCH3 is 1. The lowest BCUT2D eigenvalue weighted by molar-refractivity contribution is 0.170. The minimum Gasteiger partial charge on any atom is -0.477 e. The Morgan fingerprint density at radius 2 is 1.81 bits per heavy atom. The molecule has 0 saturated heterocycles. The first kappa shape index (κ1) is 13.6. The fourth-order valence-corrected chi connectivity index (χ4v) is 2.27. The number of benzene rings is 1. The van der Waals surface area contributed by atoms with Crippen LogP contribution in [-0.2, 0) is 4.74 Å². The summed E-state index contributed by atoms with van der Waals surface area (Å²) in [6.07, 6.45) is 2.82. The van der Waals surface area contributed by atoms with Gasteiger partial charge in [-0.25, -0.2) is 4.98 Å². The summed E-state index contributed by atoms with van der Waals surface area (Å²) in [6.45, 7) is 1.30. The van der Waals surface area contributed by atoms with E-state index in [-0.39, 0.29) is 0 Å². The molecule has 0 N–H and O–H groups in total. The summed E-state index contributed by atoms with van der Waals surface area (Å²) in [5, 5.41) is 0. The minimum atomic E-state index is 0.608. The van der Waals surface area contributed by atoms with Gasteiger partial charge in [0, 0.05) is 31.9 Å². The molecule has 3 aromatic rings. The van der Waals surface area contributed by atoms with Gasteiger partial charge in [-0.2, -0.15) is 0 Å². The summed E-state index contributed by atoms with van der Waals surface area (Å²) in [6, 6.07) is 16.0. The van der Waals surface area contributed by atoms with Crippen molar-refractivity contribution in [1.82, 2.24) is 9.38 Å². The van der Waals surface area contributed by atoms with Crippen LogP contribution < -0.4 is 4.74 Å². The molecule has 0 saturated carbocycles. The van der Waals surface area contributed by atoms with Gasteiger partial charge in [0.25, 0.3) is 0 Å². The van der Waals surface area contributed by atoms with Gasteiger partial charge in [0.15, 0.2) is 0 Å². The van der Waals surface area contributed by atoms with E-state index in [1.54, 1.807) is 7.11 Å². The molecule has 0 aliphatic rings. The third-order valence-electron chi connectivity index (χ3n) is 3.26. The largest absolute Gasteiger partial charge is 0.477 e. The smallest absolute Gasteiger partial charge is 0.226 e. The number of aromatic nitrogens is 2. The molecule has 0 radical (unpaired) electrons. The number of imidazole rings is 1. The van der Waals surface area contributed by atoms with E-state index in [0.29, 0.717) is 13.2 Å². The van der Waals surface area contributed by atoms with Crippen LogP contribution in [0.2, 0.25) is 0 Å². The zero-order valence-electron chi connectivity index (χ0n) is 12.0. The Labute approximate surface area is 124 Å². The number of rotatable bonds is 6. The third kappa shape index (κ3) is 2.90. The molecule has 0 bridgehead atoms. The number of hydrogen-bond donors (Lipinski definition) is 0. The number of pyridine rings is 1. The van der Waals surface area contributed by atoms with E-state index >= 15 is 0 Å². The highest BCUT2D eigenvalue weighted by atomic mass is 16.5. The minimum absolute atomic E-state index is 0.608. The van der Waals surface area contributed by atoms with Crippen LogP contribution in [0.1, 0.15) is 6.42 Å². The van der Waals surface area contributed by atoms with E-state index in [4.69, 9.17) is 9.47 Å². The highest BCUT2D eigenvalue weighted by molar-refractivity contribution is 5.69. The van der Waals surface area contributed by atoms with Crippen molar-refractivity contribution in [2.24, 2.45) is 0 Å². The lowest BCUT2D eigenvalue weighted by Gasteiger charge is -2.08. The monoisotopic (exact) mass is 282 g/mol. The Hall–Kier alpha value is -2.33. The Balaban J connectivity index is 1.98. The predicted octanol–water partition coefficient (Wildman–Crippen LogP) is 3.42. The Morgan fingerprint density at radius 1 is 1.00 bits per heavy atom. The Bertz CT molecular complexity index is 707. The zero-order chi connectivity index (χ0) is 14.5. The zero-order valence-corrected chi connectivity index (χ0v) is 12.0. The molecule has 3 rings (SSSR count). The van der Waals surface area contributed by atoms with Crippen molar-refractivity contribution >= 4 is 5.65 Å². The molecule has 0 atom stereocenters. The average Bonchev–Trinajstić information content (AvgIpc) is 2.91. The van der Waals surface area contributed by atoms with E-state index in [1.807, 2.05) is 59.1 Å². The topological polar surface area (TPSA) is 35.8 Å². The van der Waals surface area contributed by atoms with Gasteiger partial charge in [0.2, 0.25) is 5.88 Å². The summed E-state index contributed by atoms with van der Waals surface area (Å²) >= 11 is 0. The second kappa shape index (κ2) is 6.41. The SMILES string of the molecule is COCCCOc1c(-c2ccccc2)nc2ccccn12.